The van der Waals surface area contributed by atoms with Crippen molar-refractivity contribution in [3.05, 3.63) is 24.3 Å². The normalized spacial score (nSPS) is 31.0. The van der Waals surface area contributed by atoms with E-state index in [0.717, 1.165) is 6.92 Å². The van der Waals surface area contributed by atoms with Gasteiger partial charge in [-0.15, -0.1) is 0 Å². The van der Waals surface area contributed by atoms with Gasteiger partial charge < -0.3 is 29.2 Å². The Balaban J connectivity index is 2.57. The van der Waals surface area contributed by atoms with Crippen molar-refractivity contribution < 1.29 is 48.3 Å². The van der Waals surface area contributed by atoms with Crippen LogP contribution in [0.1, 0.15) is 19.8 Å². The number of aliphatic hydroxyl groups is 2. The second kappa shape index (κ2) is 5.73. The molecule has 0 aromatic rings. The Hall–Kier alpha value is -2.72. The second-order valence-electron chi connectivity index (χ2n) is 5.22. The smallest absolute Gasteiger partial charge is 0.411 e. The summed E-state index contributed by atoms with van der Waals surface area (Å²) >= 11 is 0. The van der Waals surface area contributed by atoms with Crippen LogP contribution in [0.25, 0.3) is 0 Å². The number of esters is 4. The van der Waals surface area contributed by atoms with Crippen molar-refractivity contribution in [3.63, 3.8) is 0 Å². The molecular weight excluding hydrogens is 328 g/mol. The summed E-state index contributed by atoms with van der Waals surface area (Å²) in [5.41, 5.74) is -0.815. The van der Waals surface area contributed by atoms with Crippen LogP contribution in [-0.2, 0) is 38.1 Å². The molecule has 0 bridgehead atoms. The van der Waals surface area contributed by atoms with Gasteiger partial charge >= 0.3 is 35.6 Å². The first kappa shape index (κ1) is 17.6. The van der Waals surface area contributed by atoms with E-state index < -0.39 is 65.7 Å². The number of rotatable bonds is 0. The monoisotopic (exact) mass is 342 g/mol. The third-order valence-corrected chi connectivity index (χ3v) is 3.33. The van der Waals surface area contributed by atoms with Crippen LogP contribution in [0.4, 0.5) is 0 Å². The minimum atomic E-state index is -3.66. The van der Waals surface area contributed by atoms with Crippen LogP contribution in [0, 0.1) is 0 Å². The Morgan fingerprint density at radius 1 is 0.917 bits per heavy atom. The first-order valence-corrected chi connectivity index (χ1v) is 6.67. The highest BCUT2D eigenvalue weighted by atomic mass is 16.9. The van der Waals surface area contributed by atoms with Crippen molar-refractivity contribution in [1.82, 2.24) is 0 Å². The zero-order chi connectivity index (χ0) is 18.3. The van der Waals surface area contributed by atoms with Crippen LogP contribution in [0.5, 0.6) is 0 Å². The van der Waals surface area contributed by atoms with Crippen LogP contribution in [0.15, 0.2) is 24.3 Å². The maximum Gasteiger partial charge on any atom is 0.411 e. The summed E-state index contributed by atoms with van der Waals surface area (Å²) in [6, 6.07) is 0. The highest BCUT2D eigenvalue weighted by molar-refractivity contribution is 5.95. The zero-order valence-electron chi connectivity index (χ0n) is 12.6. The summed E-state index contributed by atoms with van der Waals surface area (Å²) in [5.74, 6) is -11.5. The highest BCUT2D eigenvalue weighted by Crippen LogP contribution is 2.38. The Morgan fingerprint density at radius 2 is 1.42 bits per heavy atom. The standard InChI is InChI=1S/C14H14O10/c1-6-4-9(15)21-8(3)13(23-11(6)17)14(19,20)24-12(18)7(2)5-10(16)22-13/h8,19-20H,1-2,4-5H2,3H3. The Morgan fingerprint density at radius 3 is 2.00 bits per heavy atom. The van der Waals surface area contributed by atoms with Gasteiger partial charge in [0.25, 0.3) is 0 Å². The molecule has 0 aromatic heterocycles. The van der Waals surface area contributed by atoms with E-state index in [0.29, 0.717) is 0 Å². The van der Waals surface area contributed by atoms with Crippen molar-refractivity contribution in [2.24, 2.45) is 0 Å². The topological polar surface area (TPSA) is 146 Å². The predicted molar refractivity (Wildman–Crippen MR) is 71.2 cm³/mol. The first-order chi connectivity index (χ1) is 11.0. The van der Waals surface area contributed by atoms with E-state index >= 15 is 0 Å². The fourth-order valence-electron chi connectivity index (χ4n) is 2.08. The van der Waals surface area contributed by atoms with E-state index in [9.17, 15) is 29.4 Å². The van der Waals surface area contributed by atoms with Gasteiger partial charge in [-0.1, -0.05) is 13.2 Å². The van der Waals surface area contributed by atoms with Crippen molar-refractivity contribution in [3.8, 4) is 0 Å². The summed E-state index contributed by atoms with van der Waals surface area (Å²) < 4.78 is 18.9. The minimum Gasteiger partial charge on any atom is -0.454 e. The summed E-state index contributed by atoms with van der Waals surface area (Å²) in [6.45, 7) is 7.57. The van der Waals surface area contributed by atoms with Gasteiger partial charge in [0.05, 0.1) is 12.8 Å². The molecule has 2 N–H and O–H groups in total. The van der Waals surface area contributed by atoms with Crippen LogP contribution >= 0.6 is 0 Å². The van der Waals surface area contributed by atoms with E-state index in [1.807, 2.05) is 0 Å². The molecule has 130 valence electrons. The molecule has 10 nitrogen and oxygen atoms in total. The molecule has 2 unspecified atom stereocenters. The fraction of sp³-hybridized carbons (Fsp3) is 0.429. The average molecular weight is 342 g/mol. The Bertz CT molecular complexity index is 660. The molecular formula is C14H14O10. The molecule has 0 radical (unpaired) electrons. The van der Waals surface area contributed by atoms with E-state index in [1.54, 1.807) is 0 Å². The number of carbonyl (C=O) groups is 4. The number of ether oxygens (including phenoxy) is 4. The van der Waals surface area contributed by atoms with Crippen LogP contribution in [-0.4, -0.2) is 52.0 Å². The molecule has 24 heavy (non-hydrogen) atoms. The zero-order valence-corrected chi connectivity index (χ0v) is 12.6. The fourth-order valence-corrected chi connectivity index (χ4v) is 2.08. The molecule has 10 heteroatoms. The van der Waals surface area contributed by atoms with Crippen molar-refractivity contribution in [2.75, 3.05) is 0 Å². The maximum atomic E-state index is 12.0. The quantitative estimate of drug-likeness (QED) is 0.238. The first-order valence-electron chi connectivity index (χ1n) is 6.67. The molecule has 2 fully saturated rings. The van der Waals surface area contributed by atoms with Gasteiger partial charge in [-0.05, 0) is 6.92 Å². The molecule has 2 heterocycles. The van der Waals surface area contributed by atoms with Crippen molar-refractivity contribution >= 4 is 23.9 Å². The van der Waals surface area contributed by atoms with Gasteiger partial charge in [-0.25, -0.2) is 9.59 Å². The van der Waals surface area contributed by atoms with E-state index in [4.69, 9.17) is 14.2 Å². The lowest BCUT2D eigenvalue weighted by atomic mass is 10.0. The molecule has 1 spiro atoms. The Kier molecular flexibility index (Phi) is 4.21. The van der Waals surface area contributed by atoms with Gasteiger partial charge in [0.1, 0.15) is 0 Å². The molecule has 2 aliphatic heterocycles. The van der Waals surface area contributed by atoms with Gasteiger partial charge in [-0.2, -0.15) is 0 Å². The lowest BCUT2D eigenvalue weighted by Crippen LogP contribution is -2.68. The SMILES string of the molecule is C=C1CC(=O)OC2(OC(=O)C(=C)CC(=O)OC2C)C(O)(O)OC1=O. The molecule has 0 aliphatic carbocycles. The van der Waals surface area contributed by atoms with E-state index in [2.05, 4.69) is 17.9 Å². The third-order valence-electron chi connectivity index (χ3n) is 3.33. The number of hydrogen-bond acceptors (Lipinski definition) is 10. The summed E-state index contributed by atoms with van der Waals surface area (Å²) in [5, 5.41) is 20.3. The molecule has 0 aromatic carbocycles. The Labute approximate surface area is 135 Å². The van der Waals surface area contributed by atoms with Crippen molar-refractivity contribution in [2.45, 2.75) is 37.6 Å². The van der Waals surface area contributed by atoms with Gasteiger partial charge in [0.2, 0.25) is 0 Å². The summed E-state index contributed by atoms with van der Waals surface area (Å²) in [4.78, 5) is 47.3. The number of cyclic esters (lactones) is 2. The van der Waals surface area contributed by atoms with Crippen LogP contribution in [0.2, 0.25) is 0 Å². The largest absolute Gasteiger partial charge is 0.454 e. The van der Waals surface area contributed by atoms with Gasteiger partial charge in [-0.3, -0.25) is 9.59 Å². The van der Waals surface area contributed by atoms with Crippen LogP contribution in [0.3, 0.4) is 0 Å². The van der Waals surface area contributed by atoms with E-state index in [-0.39, 0.29) is 0 Å². The maximum absolute atomic E-state index is 12.0. The number of hydrogen-bond donors (Lipinski definition) is 2. The summed E-state index contributed by atoms with van der Waals surface area (Å²) in [7, 11) is 0. The number of carbonyl (C=O) groups excluding carboxylic acids is 4. The van der Waals surface area contributed by atoms with E-state index in [1.165, 1.54) is 0 Å². The third kappa shape index (κ3) is 2.88. The summed E-state index contributed by atoms with van der Waals surface area (Å²) in [6.07, 6.45) is -2.91. The van der Waals surface area contributed by atoms with Crippen LogP contribution < -0.4 is 0 Å². The minimum absolute atomic E-state index is 0.393. The molecule has 2 aliphatic rings. The molecule has 2 saturated heterocycles. The van der Waals surface area contributed by atoms with Gasteiger partial charge in [0, 0.05) is 11.1 Å². The molecule has 2 rings (SSSR count). The lowest BCUT2D eigenvalue weighted by Gasteiger charge is -2.44. The average Bonchev–Trinajstić information content (AvgIpc) is 2.43. The van der Waals surface area contributed by atoms with Crippen molar-refractivity contribution in [1.29, 1.82) is 0 Å². The lowest BCUT2D eigenvalue weighted by molar-refractivity contribution is -0.459. The predicted octanol–water partition coefficient (Wildman–Crippen LogP) is -1.20. The van der Waals surface area contributed by atoms with Gasteiger partial charge in [0.15, 0.2) is 6.10 Å². The molecule has 0 saturated carbocycles. The molecule has 0 amide bonds. The molecule has 2 atom stereocenters. The highest BCUT2D eigenvalue weighted by Gasteiger charge is 2.67. The second-order valence-corrected chi connectivity index (χ2v) is 5.22.